The van der Waals surface area contributed by atoms with Gasteiger partial charge in [0.2, 0.25) is 0 Å². The number of hydrogen-bond acceptors (Lipinski definition) is 7. The van der Waals surface area contributed by atoms with Gasteiger partial charge in [-0.25, -0.2) is 13.6 Å². The van der Waals surface area contributed by atoms with Crippen molar-refractivity contribution in [2.75, 3.05) is 57.8 Å². The third-order valence-electron chi connectivity index (χ3n) is 10.7. The number of anilines is 1. The Morgan fingerprint density at radius 1 is 1.04 bits per heavy atom. The van der Waals surface area contributed by atoms with Gasteiger partial charge in [0.1, 0.15) is 12.0 Å². The van der Waals surface area contributed by atoms with E-state index < -0.39 is 17.7 Å². The van der Waals surface area contributed by atoms with Crippen molar-refractivity contribution >= 4 is 11.8 Å². The van der Waals surface area contributed by atoms with Crippen LogP contribution in [0, 0.1) is 46.2 Å². The van der Waals surface area contributed by atoms with Gasteiger partial charge in [-0.05, 0) is 86.1 Å². The van der Waals surface area contributed by atoms with Crippen molar-refractivity contribution in [3.05, 3.63) is 65.0 Å². The average molecular weight is 617 g/mol. The molecule has 8 nitrogen and oxygen atoms in total. The third-order valence-corrected chi connectivity index (χ3v) is 10.7. The zero-order chi connectivity index (χ0) is 31.6. The molecule has 3 heterocycles. The van der Waals surface area contributed by atoms with Crippen molar-refractivity contribution in [2.24, 2.45) is 17.8 Å². The Kier molecular flexibility index (Phi) is 9.26. The number of likely N-dealkylation sites (tertiary alicyclic amines) is 2. The molecule has 4 aliphatic rings. The van der Waals surface area contributed by atoms with Gasteiger partial charge in [0, 0.05) is 62.8 Å². The third kappa shape index (κ3) is 6.36. The maximum absolute atomic E-state index is 14.6. The summed E-state index contributed by atoms with van der Waals surface area (Å²) in [7, 11) is 1.35. The van der Waals surface area contributed by atoms with Crippen LogP contribution in [0.5, 0.6) is 0 Å². The highest BCUT2D eigenvalue weighted by atomic mass is 19.1. The summed E-state index contributed by atoms with van der Waals surface area (Å²) in [5.74, 6) is 0.0882. The first kappa shape index (κ1) is 31.3. The predicted octanol–water partition coefficient (Wildman–Crippen LogP) is 4.99. The zero-order valence-electron chi connectivity index (χ0n) is 25.9. The van der Waals surface area contributed by atoms with Crippen molar-refractivity contribution in [1.29, 1.82) is 10.5 Å². The maximum atomic E-state index is 14.6. The molecule has 0 aromatic heterocycles. The maximum Gasteiger partial charge on any atom is 0.407 e. The monoisotopic (exact) mass is 616 g/mol. The first-order chi connectivity index (χ1) is 21.8. The van der Waals surface area contributed by atoms with E-state index in [1.54, 1.807) is 6.07 Å². The summed E-state index contributed by atoms with van der Waals surface area (Å²) >= 11 is 0. The number of alkyl carbamates (subject to hydrolysis) is 1. The van der Waals surface area contributed by atoms with Crippen molar-refractivity contribution in [2.45, 2.75) is 56.3 Å². The molecule has 3 aliphatic heterocycles. The van der Waals surface area contributed by atoms with E-state index in [2.05, 4.69) is 33.3 Å². The minimum Gasteiger partial charge on any atom is -0.453 e. The van der Waals surface area contributed by atoms with E-state index in [0.717, 1.165) is 76.1 Å². The number of carbonyl (C=O) groups excluding carboxylic acids is 1. The molecule has 10 heteroatoms. The Bertz CT molecular complexity index is 1450. The van der Waals surface area contributed by atoms with Gasteiger partial charge < -0.3 is 19.9 Å². The number of nitriles is 2. The summed E-state index contributed by atoms with van der Waals surface area (Å²) in [6.45, 7) is 6.06. The lowest BCUT2D eigenvalue weighted by Gasteiger charge is -2.48. The van der Waals surface area contributed by atoms with E-state index in [1.165, 1.54) is 19.2 Å². The Labute approximate surface area is 264 Å². The number of rotatable bonds is 9. The molecule has 6 rings (SSSR count). The van der Waals surface area contributed by atoms with Crippen LogP contribution in [0.1, 0.15) is 48.8 Å². The van der Waals surface area contributed by atoms with E-state index in [-0.39, 0.29) is 23.7 Å². The van der Waals surface area contributed by atoms with Crippen LogP contribution < -0.4 is 10.2 Å². The van der Waals surface area contributed by atoms with Gasteiger partial charge in [0.15, 0.2) is 0 Å². The molecule has 2 aromatic rings. The lowest BCUT2D eigenvalue weighted by atomic mass is 9.59. The number of nitrogens with one attached hydrogen (secondary N) is 1. The van der Waals surface area contributed by atoms with E-state index in [1.807, 2.05) is 23.1 Å². The summed E-state index contributed by atoms with van der Waals surface area (Å²) in [6.07, 6.45) is 2.86. The molecule has 1 amide bonds. The SMILES string of the molecule is COC(=O)N[C@H]1CCC[C@@H]1[C@](C#N)(c1cccc(F)c1)C1CCN(CC2CN(c3ccc(C#N)c(CN4CC(F)C4)c3)C2)CC1. The molecule has 3 atom stereocenters. The highest BCUT2D eigenvalue weighted by molar-refractivity contribution is 5.67. The molecule has 1 aliphatic carbocycles. The second kappa shape index (κ2) is 13.3. The number of benzene rings is 2. The normalized spacial score (nSPS) is 24.6. The highest BCUT2D eigenvalue weighted by Crippen LogP contribution is 2.50. The first-order valence-corrected chi connectivity index (χ1v) is 16.2. The Balaban J connectivity index is 1.09. The van der Waals surface area contributed by atoms with Crippen molar-refractivity contribution < 1.29 is 18.3 Å². The number of methoxy groups -OCH3 is 1. The van der Waals surface area contributed by atoms with Crippen molar-refractivity contribution in [3.8, 4) is 12.1 Å². The summed E-state index contributed by atoms with van der Waals surface area (Å²) in [5.41, 5.74) is 2.52. The number of nitrogens with zero attached hydrogens (tertiary/aromatic N) is 5. The molecular weight excluding hydrogens is 574 g/mol. The van der Waals surface area contributed by atoms with Gasteiger partial charge in [-0.1, -0.05) is 18.6 Å². The molecule has 2 aromatic carbocycles. The van der Waals surface area contributed by atoms with Crippen molar-refractivity contribution in [1.82, 2.24) is 15.1 Å². The summed E-state index contributed by atoms with van der Waals surface area (Å²) < 4.78 is 32.8. The highest BCUT2D eigenvalue weighted by Gasteiger charge is 2.52. The number of alkyl halides is 1. The Hall–Kier alpha value is -3.73. The number of amides is 1. The Morgan fingerprint density at radius 2 is 1.82 bits per heavy atom. The largest absolute Gasteiger partial charge is 0.453 e. The molecule has 0 unspecified atom stereocenters. The van der Waals surface area contributed by atoms with Crippen LogP contribution in [0.15, 0.2) is 42.5 Å². The van der Waals surface area contributed by atoms with Gasteiger partial charge in [-0.2, -0.15) is 10.5 Å². The lowest BCUT2D eigenvalue weighted by molar-refractivity contribution is 0.0590. The molecule has 0 radical (unpaired) electrons. The first-order valence-electron chi connectivity index (χ1n) is 16.2. The molecule has 3 saturated heterocycles. The van der Waals surface area contributed by atoms with Crippen LogP contribution >= 0.6 is 0 Å². The van der Waals surface area contributed by atoms with E-state index in [9.17, 15) is 24.1 Å². The van der Waals surface area contributed by atoms with Crippen LogP contribution in [-0.2, 0) is 16.7 Å². The van der Waals surface area contributed by atoms with Crippen LogP contribution in [0.3, 0.4) is 0 Å². The van der Waals surface area contributed by atoms with Crippen LogP contribution in [0.4, 0.5) is 19.3 Å². The fraction of sp³-hybridized carbons (Fsp3) is 0.571. The van der Waals surface area contributed by atoms with E-state index in [4.69, 9.17) is 4.74 Å². The van der Waals surface area contributed by atoms with Gasteiger partial charge in [-0.15, -0.1) is 0 Å². The number of ether oxygens (including phenoxy) is 1. The topological polar surface area (TPSA) is 95.6 Å². The van der Waals surface area contributed by atoms with Gasteiger partial charge in [0.05, 0.1) is 30.2 Å². The van der Waals surface area contributed by atoms with Gasteiger partial charge in [-0.3, -0.25) is 4.90 Å². The minimum absolute atomic E-state index is 0.0413. The number of halogens is 2. The second-order valence-electron chi connectivity index (χ2n) is 13.4. The second-order valence-corrected chi connectivity index (χ2v) is 13.4. The lowest BCUT2D eigenvalue weighted by Crippen LogP contribution is -2.55. The molecular formula is C35H42F2N6O2. The summed E-state index contributed by atoms with van der Waals surface area (Å²) in [6, 6.07) is 17.3. The molecule has 4 fully saturated rings. The standard InChI is InChI=1S/C35H42F2N6O2/c1-45-34(44)40-33-7-3-6-32(33)35(23-39,28-4-2-5-29(36)15-28)27-10-12-41(13-11-27)17-24-18-43(19-24)31-9-8-25(16-38)26(14-31)20-42-21-30(37)22-42/h2,4-5,8-9,14-15,24,27,30,32-33H,3,6-7,10-13,17-22H2,1H3,(H,40,44)/t32-,33-,35-/m0/s1. The molecule has 45 heavy (non-hydrogen) atoms. The van der Waals surface area contributed by atoms with Gasteiger partial charge in [0.25, 0.3) is 0 Å². The van der Waals surface area contributed by atoms with Crippen molar-refractivity contribution in [3.63, 3.8) is 0 Å². The summed E-state index contributed by atoms with van der Waals surface area (Å²) in [5, 5.41) is 23.4. The quantitative estimate of drug-likeness (QED) is 0.425. The number of hydrogen-bond donors (Lipinski definition) is 1. The van der Waals surface area contributed by atoms with Gasteiger partial charge >= 0.3 is 6.09 Å². The van der Waals surface area contributed by atoms with Crippen LogP contribution in [0.2, 0.25) is 0 Å². The molecule has 238 valence electrons. The molecule has 1 saturated carbocycles. The van der Waals surface area contributed by atoms with E-state index >= 15 is 0 Å². The molecule has 1 N–H and O–H groups in total. The fourth-order valence-electron chi connectivity index (χ4n) is 8.35. The average Bonchev–Trinajstić information content (AvgIpc) is 3.47. The number of carbonyl (C=O) groups is 1. The summed E-state index contributed by atoms with van der Waals surface area (Å²) in [4.78, 5) is 19.1. The van der Waals surface area contributed by atoms with Crippen LogP contribution in [0.25, 0.3) is 0 Å². The molecule has 0 bridgehead atoms. The molecule has 0 spiro atoms. The zero-order valence-corrected chi connectivity index (χ0v) is 25.9. The van der Waals surface area contributed by atoms with E-state index in [0.29, 0.717) is 36.7 Å². The smallest absolute Gasteiger partial charge is 0.407 e. The fourth-order valence-corrected chi connectivity index (χ4v) is 8.35. The van der Waals surface area contributed by atoms with Crippen LogP contribution in [-0.4, -0.2) is 81.0 Å². The number of piperidine rings is 1. The Morgan fingerprint density at radius 3 is 2.49 bits per heavy atom. The predicted molar refractivity (Wildman–Crippen MR) is 167 cm³/mol. The minimum atomic E-state index is -0.905.